The number of nitrogens with two attached hydrogens (primary N) is 1. The molecule has 1 heterocycles. The number of nitrogens with one attached hydrogen (secondary N) is 1. The number of hydrogen-bond donors (Lipinski definition) is 2. The molecule has 4 heteroatoms. The molecular weight excluding hydrogens is 218 g/mol. The molecule has 1 aliphatic rings. The van der Waals surface area contributed by atoms with Crippen LogP contribution in [0.25, 0.3) is 0 Å². The van der Waals surface area contributed by atoms with Crippen LogP contribution in [0, 0.1) is 5.92 Å². The van der Waals surface area contributed by atoms with Crippen LogP contribution in [0.3, 0.4) is 0 Å². The van der Waals surface area contributed by atoms with Crippen molar-refractivity contribution in [3.05, 3.63) is 6.07 Å². The molecule has 1 aromatic rings. The lowest BCUT2D eigenvalue weighted by molar-refractivity contribution is 0.319. The highest BCUT2D eigenvalue weighted by atomic mass is 32.1. The zero-order valence-corrected chi connectivity index (χ0v) is 10.7. The monoisotopic (exact) mass is 239 g/mol. The summed E-state index contributed by atoms with van der Waals surface area (Å²) in [4.78, 5) is 0. The lowest BCUT2D eigenvalue weighted by Crippen LogP contribution is -2.25. The van der Waals surface area contributed by atoms with E-state index in [-0.39, 0.29) is 0 Å². The number of nitrogens with zero attached hydrogens (tertiary/aromatic N) is 1. The first-order valence-corrected chi connectivity index (χ1v) is 7.04. The van der Waals surface area contributed by atoms with Gasteiger partial charge in [0.15, 0.2) is 0 Å². The molecule has 3 N–H and O–H groups in total. The molecule has 1 saturated carbocycles. The number of rotatable bonds is 4. The van der Waals surface area contributed by atoms with Crippen molar-refractivity contribution < 1.29 is 0 Å². The normalized spacial score (nSPS) is 25.6. The van der Waals surface area contributed by atoms with E-state index < -0.39 is 0 Å². The SMILES string of the molecule is CCCC1CCC(Nc2cc(N)ns2)CC1. The van der Waals surface area contributed by atoms with Crippen molar-refractivity contribution in [2.24, 2.45) is 5.92 Å². The van der Waals surface area contributed by atoms with E-state index in [1.54, 1.807) is 0 Å². The Kier molecular flexibility index (Phi) is 4.04. The third-order valence-corrected chi connectivity index (χ3v) is 4.15. The highest BCUT2D eigenvalue weighted by molar-refractivity contribution is 7.10. The van der Waals surface area contributed by atoms with Crippen molar-refractivity contribution >= 4 is 22.4 Å². The van der Waals surface area contributed by atoms with E-state index in [4.69, 9.17) is 5.73 Å². The Balaban J connectivity index is 1.77. The highest BCUT2D eigenvalue weighted by Gasteiger charge is 2.20. The average molecular weight is 239 g/mol. The summed E-state index contributed by atoms with van der Waals surface area (Å²) in [5, 5.41) is 4.66. The summed E-state index contributed by atoms with van der Waals surface area (Å²) in [5.41, 5.74) is 5.60. The van der Waals surface area contributed by atoms with E-state index in [2.05, 4.69) is 16.6 Å². The van der Waals surface area contributed by atoms with Gasteiger partial charge in [-0.3, -0.25) is 0 Å². The molecule has 0 radical (unpaired) electrons. The van der Waals surface area contributed by atoms with Crippen molar-refractivity contribution in [1.82, 2.24) is 4.37 Å². The molecule has 0 saturated heterocycles. The number of nitrogen functional groups attached to an aromatic ring is 1. The first-order valence-electron chi connectivity index (χ1n) is 6.26. The Hall–Kier alpha value is -0.770. The van der Waals surface area contributed by atoms with Gasteiger partial charge in [-0.05, 0) is 43.1 Å². The summed E-state index contributed by atoms with van der Waals surface area (Å²) in [5.74, 6) is 1.60. The molecule has 3 nitrogen and oxygen atoms in total. The molecule has 0 bridgehead atoms. The minimum absolute atomic E-state index is 0.632. The molecule has 0 aromatic carbocycles. The van der Waals surface area contributed by atoms with Gasteiger partial charge in [-0.15, -0.1) is 0 Å². The van der Waals surface area contributed by atoms with E-state index in [1.807, 2.05) is 6.07 Å². The second-order valence-corrected chi connectivity index (χ2v) is 5.57. The van der Waals surface area contributed by atoms with Gasteiger partial charge >= 0.3 is 0 Å². The summed E-state index contributed by atoms with van der Waals surface area (Å²) in [6.45, 7) is 2.28. The van der Waals surface area contributed by atoms with E-state index in [0.717, 1.165) is 10.9 Å². The smallest absolute Gasteiger partial charge is 0.139 e. The number of anilines is 2. The van der Waals surface area contributed by atoms with Gasteiger partial charge < -0.3 is 11.1 Å². The Labute approximate surface area is 102 Å². The van der Waals surface area contributed by atoms with Crippen LogP contribution in [-0.2, 0) is 0 Å². The molecular formula is C12H21N3S. The fourth-order valence-electron chi connectivity index (χ4n) is 2.56. The summed E-state index contributed by atoms with van der Waals surface area (Å²) in [6, 6.07) is 2.57. The third-order valence-electron chi connectivity index (χ3n) is 3.42. The minimum Gasteiger partial charge on any atom is -0.383 e. The maximum Gasteiger partial charge on any atom is 0.139 e. The molecule has 0 atom stereocenters. The lowest BCUT2D eigenvalue weighted by atomic mass is 9.83. The van der Waals surface area contributed by atoms with E-state index in [0.29, 0.717) is 11.9 Å². The molecule has 90 valence electrons. The largest absolute Gasteiger partial charge is 0.383 e. The fourth-order valence-corrected chi connectivity index (χ4v) is 3.21. The van der Waals surface area contributed by atoms with Gasteiger partial charge in [0.25, 0.3) is 0 Å². The van der Waals surface area contributed by atoms with E-state index >= 15 is 0 Å². The molecule has 1 fully saturated rings. The van der Waals surface area contributed by atoms with Crippen LogP contribution in [0.15, 0.2) is 6.07 Å². The zero-order chi connectivity index (χ0) is 11.4. The van der Waals surface area contributed by atoms with Crippen LogP contribution in [0.5, 0.6) is 0 Å². The van der Waals surface area contributed by atoms with Crippen LogP contribution in [0.2, 0.25) is 0 Å². The molecule has 0 spiro atoms. The molecule has 0 unspecified atom stereocenters. The Bertz CT molecular complexity index is 316. The Morgan fingerprint density at radius 1 is 1.44 bits per heavy atom. The van der Waals surface area contributed by atoms with Crippen LogP contribution in [0.4, 0.5) is 10.8 Å². The molecule has 2 rings (SSSR count). The van der Waals surface area contributed by atoms with Crippen molar-refractivity contribution in [2.45, 2.75) is 51.5 Å². The van der Waals surface area contributed by atoms with Crippen LogP contribution >= 0.6 is 11.5 Å². The van der Waals surface area contributed by atoms with Gasteiger partial charge in [0, 0.05) is 12.1 Å². The number of hydrogen-bond acceptors (Lipinski definition) is 4. The van der Waals surface area contributed by atoms with Crippen molar-refractivity contribution in [2.75, 3.05) is 11.1 Å². The van der Waals surface area contributed by atoms with E-state index in [1.165, 1.54) is 50.1 Å². The van der Waals surface area contributed by atoms with Gasteiger partial charge in [0.05, 0.1) is 0 Å². The highest BCUT2D eigenvalue weighted by Crippen LogP contribution is 2.30. The van der Waals surface area contributed by atoms with Crippen LogP contribution in [0.1, 0.15) is 45.4 Å². The summed E-state index contributed by atoms with van der Waals surface area (Å²) in [6.07, 6.45) is 8.07. The third kappa shape index (κ3) is 3.11. The van der Waals surface area contributed by atoms with Crippen molar-refractivity contribution in [1.29, 1.82) is 0 Å². The second kappa shape index (κ2) is 5.53. The van der Waals surface area contributed by atoms with Gasteiger partial charge in [-0.2, -0.15) is 4.37 Å². The summed E-state index contributed by atoms with van der Waals surface area (Å²) in [7, 11) is 0. The first kappa shape index (κ1) is 11.7. The number of aromatic nitrogens is 1. The Morgan fingerprint density at radius 3 is 2.75 bits per heavy atom. The van der Waals surface area contributed by atoms with Crippen LogP contribution in [-0.4, -0.2) is 10.4 Å². The quantitative estimate of drug-likeness (QED) is 0.845. The maximum atomic E-state index is 5.60. The van der Waals surface area contributed by atoms with Crippen molar-refractivity contribution in [3.8, 4) is 0 Å². The van der Waals surface area contributed by atoms with Gasteiger partial charge in [-0.25, -0.2) is 0 Å². The molecule has 0 aliphatic heterocycles. The van der Waals surface area contributed by atoms with Gasteiger partial charge in [0.1, 0.15) is 10.8 Å². The predicted octanol–water partition coefficient (Wildman–Crippen LogP) is 3.50. The zero-order valence-electron chi connectivity index (χ0n) is 9.91. The molecule has 16 heavy (non-hydrogen) atoms. The maximum absolute atomic E-state index is 5.60. The average Bonchev–Trinajstić information content (AvgIpc) is 2.67. The van der Waals surface area contributed by atoms with Gasteiger partial charge in [0.2, 0.25) is 0 Å². The topological polar surface area (TPSA) is 50.9 Å². The fraction of sp³-hybridized carbons (Fsp3) is 0.750. The van der Waals surface area contributed by atoms with E-state index in [9.17, 15) is 0 Å². The first-order chi connectivity index (χ1) is 7.78. The minimum atomic E-state index is 0.632. The van der Waals surface area contributed by atoms with Crippen LogP contribution < -0.4 is 11.1 Å². The van der Waals surface area contributed by atoms with Crippen molar-refractivity contribution in [3.63, 3.8) is 0 Å². The summed E-state index contributed by atoms with van der Waals surface area (Å²) >= 11 is 1.47. The molecule has 1 aromatic heterocycles. The standard InChI is InChI=1S/C12H21N3S/c1-2-3-9-4-6-10(7-5-9)14-12-8-11(13)15-16-12/h8-10,14H,2-7H2,1H3,(H2,13,15). The predicted molar refractivity (Wildman–Crippen MR) is 70.8 cm³/mol. The second-order valence-electron chi connectivity index (χ2n) is 4.77. The summed E-state index contributed by atoms with van der Waals surface area (Å²) < 4.78 is 4.08. The molecule has 0 amide bonds. The lowest BCUT2D eigenvalue weighted by Gasteiger charge is -2.28. The Morgan fingerprint density at radius 2 is 2.19 bits per heavy atom. The van der Waals surface area contributed by atoms with Gasteiger partial charge in [-0.1, -0.05) is 19.8 Å². The molecule has 1 aliphatic carbocycles.